The topological polar surface area (TPSA) is 0 Å². The molecule has 1 heteroatoms. The van der Waals surface area contributed by atoms with Crippen LogP contribution < -0.4 is 0 Å². The van der Waals surface area contributed by atoms with Gasteiger partial charge in [0.2, 0.25) is 0 Å². The van der Waals surface area contributed by atoms with E-state index in [4.69, 9.17) is 0 Å². The Bertz CT molecular complexity index is 229. The first-order chi connectivity index (χ1) is 5.66. The molecule has 1 aliphatic carbocycles. The fourth-order valence-corrected chi connectivity index (χ4v) is 1.91. The molecule has 0 nitrogen and oxygen atoms in total. The molecule has 0 aliphatic heterocycles. The van der Waals surface area contributed by atoms with Crippen LogP contribution in [0.5, 0.6) is 0 Å². The molecule has 0 N–H and O–H groups in total. The van der Waals surface area contributed by atoms with Gasteiger partial charge in [0.1, 0.15) is 7.85 Å². The van der Waals surface area contributed by atoms with Crippen molar-refractivity contribution in [2.45, 2.75) is 46.4 Å². The second-order valence-electron chi connectivity index (χ2n) is 3.88. The van der Waals surface area contributed by atoms with Crippen LogP contribution >= 0.6 is 0 Å². The van der Waals surface area contributed by atoms with E-state index >= 15 is 0 Å². The maximum absolute atomic E-state index is 2.28. The van der Waals surface area contributed by atoms with Gasteiger partial charge in [0, 0.05) is 0 Å². The molecular formula is C11H19B. The molecule has 0 bridgehead atoms. The summed E-state index contributed by atoms with van der Waals surface area (Å²) in [4.78, 5) is 0. The molecule has 12 heavy (non-hydrogen) atoms. The van der Waals surface area contributed by atoms with Crippen LogP contribution in [-0.4, -0.2) is 7.85 Å². The minimum atomic E-state index is 1.29. The van der Waals surface area contributed by atoms with Crippen LogP contribution in [-0.2, 0) is 0 Å². The quantitative estimate of drug-likeness (QED) is 0.547. The second-order valence-corrected chi connectivity index (χ2v) is 3.88. The van der Waals surface area contributed by atoms with Crippen LogP contribution in [0.3, 0.4) is 0 Å². The Morgan fingerprint density at radius 3 is 2.33 bits per heavy atom. The van der Waals surface area contributed by atoms with Gasteiger partial charge in [0.15, 0.2) is 0 Å². The van der Waals surface area contributed by atoms with Gasteiger partial charge < -0.3 is 0 Å². The van der Waals surface area contributed by atoms with Crippen molar-refractivity contribution in [3.63, 3.8) is 0 Å². The van der Waals surface area contributed by atoms with E-state index < -0.39 is 0 Å². The van der Waals surface area contributed by atoms with Crippen molar-refractivity contribution in [2.24, 2.45) is 0 Å². The largest absolute Gasteiger partial charge is 0.101 e. The van der Waals surface area contributed by atoms with Gasteiger partial charge in [0.25, 0.3) is 0 Å². The third-order valence-corrected chi connectivity index (χ3v) is 3.09. The molecule has 0 spiro atoms. The smallest absolute Gasteiger partial charge is 0.0774 e. The minimum absolute atomic E-state index is 1.29. The number of rotatable bonds is 2. The van der Waals surface area contributed by atoms with Crippen LogP contribution in [0.1, 0.15) is 40.0 Å². The van der Waals surface area contributed by atoms with Crippen molar-refractivity contribution < 1.29 is 0 Å². The fraction of sp³-hybridized carbons (Fsp3) is 0.636. The minimum Gasteiger partial charge on any atom is -0.0774 e. The molecule has 0 radical (unpaired) electrons. The van der Waals surface area contributed by atoms with E-state index in [0.717, 1.165) is 0 Å². The zero-order chi connectivity index (χ0) is 9.14. The van der Waals surface area contributed by atoms with Crippen molar-refractivity contribution in [3.8, 4) is 0 Å². The van der Waals surface area contributed by atoms with E-state index in [1.54, 1.807) is 22.3 Å². The van der Waals surface area contributed by atoms with Crippen molar-refractivity contribution in [2.75, 3.05) is 0 Å². The van der Waals surface area contributed by atoms with Gasteiger partial charge in [-0.1, -0.05) is 17.5 Å². The Hall–Kier alpha value is -0.455. The van der Waals surface area contributed by atoms with E-state index in [-0.39, 0.29) is 0 Å². The van der Waals surface area contributed by atoms with Crippen molar-refractivity contribution in [1.82, 2.24) is 0 Å². The lowest BCUT2D eigenvalue weighted by Gasteiger charge is -2.20. The average Bonchev–Trinajstić information content (AvgIpc) is 2.07. The lowest BCUT2D eigenvalue weighted by atomic mass is 9.83. The average molecular weight is 162 g/mol. The number of hydrogen-bond acceptors (Lipinski definition) is 0. The van der Waals surface area contributed by atoms with Crippen LogP contribution in [0.25, 0.3) is 0 Å². The van der Waals surface area contributed by atoms with Gasteiger partial charge >= 0.3 is 0 Å². The van der Waals surface area contributed by atoms with E-state index in [1.165, 1.54) is 25.6 Å². The zero-order valence-corrected chi connectivity index (χ0v) is 8.83. The molecule has 0 fully saturated rings. The summed E-state index contributed by atoms with van der Waals surface area (Å²) in [6.45, 7) is 6.81. The lowest BCUT2D eigenvalue weighted by Crippen LogP contribution is -2.00. The number of allylic oxidation sites excluding steroid dienone is 4. The Morgan fingerprint density at radius 2 is 1.75 bits per heavy atom. The highest BCUT2D eigenvalue weighted by Crippen LogP contribution is 2.31. The summed E-state index contributed by atoms with van der Waals surface area (Å²) < 4.78 is 0. The summed E-state index contributed by atoms with van der Waals surface area (Å²) in [7, 11) is 2.26. The van der Waals surface area contributed by atoms with Gasteiger partial charge in [-0.3, -0.25) is 0 Å². The SMILES string of the molecule is BCCC1=C(C)C(C)=C(C)CC1. The molecule has 0 saturated heterocycles. The van der Waals surface area contributed by atoms with Gasteiger partial charge in [-0.25, -0.2) is 0 Å². The van der Waals surface area contributed by atoms with Gasteiger partial charge in [-0.05, 0) is 51.2 Å². The Morgan fingerprint density at radius 1 is 1.08 bits per heavy atom. The Labute approximate surface area is 77.2 Å². The molecule has 0 atom stereocenters. The summed E-state index contributed by atoms with van der Waals surface area (Å²) in [5.74, 6) is 0. The molecule has 66 valence electrons. The molecule has 0 saturated carbocycles. The highest BCUT2D eigenvalue weighted by Gasteiger charge is 2.11. The second kappa shape index (κ2) is 3.98. The lowest BCUT2D eigenvalue weighted by molar-refractivity contribution is 0.820. The van der Waals surface area contributed by atoms with Gasteiger partial charge in [-0.2, -0.15) is 0 Å². The molecule has 0 aromatic rings. The molecule has 0 unspecified atom stereocenters. The predicted octanol–water partition coefficient (Wildman–Crippen LogP) is 2.87. The maximum atomic E-state index is 2.28. The molecule has 1 aliphatic rings. The molecule has 0 amide bonds. The molecule has 1 rings (SSSR count). The van der Waals surface area contributed by atoms with Crippen LogP contribution in [0.15, 0.2) is 22.3 Å². The first-order valence-corrected chi connectivity index (χ1v) is 5.02. The number of hydrogen-bond donors (Lipinski definition) is 0. The van der Waals surface area contributed by atoms with Crippen LogP contribution in [0.2, 0.25) is 6.32 Å². The van der Waals surface area contributed by atoms with Crippen molar-refractivity contribution in [1.29, 1.82) is 0 Å². The first kappa shape index (κ1) is 9.63. The first-order valence-electron chi connectivity index (χ1n) is 5.02. The molecule has 0 heterocycles. The fourth-order valence-electron chi connectivity index (χ4n) is 1.91. The molecule has 0 aromatic carbocycles. The van der Waals surface area contributed by atoms with Crippen molar-refractivity contribution >= 4 is 7.85 Å². The van der Waals surface area contributed by atoms with Crippen LogP contribution in [0, 0.1) is 0 Å². The third kappa shape index (κ3) is 1.82. The van der Waals surface area contributed by atoms with E-state index in [9.17, 15) is 0 Å². The Kier molecular flexibility index (Phi) is 3.19. The normalized spacial score (nSPS) is 18.9. The van der Waals surface area contributed by atoms with Crippen LogP contribution in [0.4, 0.5) is 0 Å². The maximum Gasteiger partial charge on any atom is 0.101 e. The van der Waals surface area contributed by atoms with E-state index in [0.29, 0.717) is 0 Å². The standard InChI is InChI=1S/C11H19B/c1-8-4-5-11(6-7-12)10(3)9(8)2/h4-7,12H2,1-3H3. The third-order valence-electron chi connectivity index (χ3n) is 3.09. The van der Waals surface area contributed by atoms with Gasteiger partial charge in [0.05, 0.1) is 0 Å². The van der Waals surface area contributed by atoms with E-state index in [2.05, 4.69) is 28.6 Å². The van der Waals surface area contributed by atoms with E-state index in [1.807, 2.05) is 0 Å². The highest BCUT2D eigenvalue weighted by molar-refractivity contribution is 6.08. The highest BCUT2D eigenvalue weighted by atomic mass is 14.2. The van der Waals surface area contributed by atoms with Crippen molar-refractivity contribution in [3.05, 3.63) is 22.3 Å². The summed E-state index contributed by atoms with van der Waals surface area (Å²) in [6, 6.07) is 0. The van der Waals surface area contributed by atoms with Gasteiger partial charge in [-0.15, -0.1) is 0 Å². The molecule has 0 aromatic heterocycles. The summed E-state index contributed by atoms with van der Waals surface area (Å²) in [5.41, 5.74) is 6.40. The Balaban J connectivity index is 2.87. The summed E-state index contributed by atoms with van der Waals surface area (Å²) in [6.07, 6.45) is 5.19. The summed E-state index contributed by atoms with van der Waals surface area (Å²) >= 11 is 0. The predicted molar refractivity (Wildman–Crippen MR) is 58.3 cm³/mol. The summed E-state index contributed by atoms with van der Waals surface area (Å²) in [5, 5.41) is 0. The molecular weight excluding hydrogens is 143 g/mol. The monoisotopic (exact) mass is 162 g/mol. The zero-order valence-electron chi connectivity index (χ0n) is 8.83.